The van der Waals surface area contributed by atoms with Crippen molar-refractivity contribution in [2.24, 2.45) is 5.92 Å². The van der Waals surface area contributed by atoms with Gasteiger partial charge >= 0.3 is 0 Å². The minimum atomic E-state index is -0.222. The fourth-order valence-electron chi connectivity index (χ4n) is 4.06. The van der Waals surface area contributed by atoms with E-state index in [2.05, 4.69) is 4.98 Å². The van der Waals surface area contributed by atoms with Crippen molar-refractivity contribution in [3.05, 3.63) is 58.3 Å². The molecule has 1 aliphatic carbocycles. The lowest BCUT2D eigenvalue weighted by molar-refractivity contribution is 0.0720. The van der Waals surface area contributed by atoms with Crippen molar-refractivity contribution in [1.82, 2.24) is 19.4 Å². The quantitative estimate of drug-likeness (QED) is 0.697. The van der Waals surface area contributed by atoms with Gasteiger partial charge < -0.3 is 9.32 Å². The zero-order valence-electron chi connectivity index (χ0n) is 15.8. The van der Waals surface area contributed by atoms with E-state index in [0.29, 0.717) is 47.3 Å². The molecule has 0 spiro atoms. The van der Waals surface area contributed by atoms with Crippen LogP contribution in [0.3, 0.4) is 0 Å². The number of hydrogen-bond acceptors (Lipinski definition) is 5. The molecule has 3 heterocycles. The zero-order valence-corrected chi connectivity index (χ0v) is 15.8. The first-order chi connectivity index (χ1) is 13.6. The van der Waals surface area contributed by atoms with Gasteiger partial charge in [0.1, 0.15) is 12.1 Å². The summed E-state index contributed by atoms with van der Waals surface area (Å²) in [7, 11) is 0. The third kappa shape index (κ3) is 2.91. The summed E-state index contributed by atoms with van der Waals surface area (Å²) in [6.07, 6.45) is 5.35. The lowest BCUT2D eigenvalue weighted by Crippen LogP contribution is -2.36. The van der Waals surface area contributed by atoms with Crippen LogP contribution in [-0.4, -0.2) is 31.9 Å². The first-order valence-electron chi connectivity index (χ1n) is 9.84. The predicted octanol–water partition coefficient (Wildman–Crippen LogP) is 3.08. The molecule has 5 rings (SSSR count). The molecule has 1 aromatic carbocycles. The van der Waals surface area contributed by atoms with Crippen LogP contribution in [0.15, 0.2) is 39.7 Å². The number of para-hydroxylation sites is 1. The van der Waals surface area contributed by atoms with E-state index in [1.54, 1.807) is 11.8 Å². The summed E-state index contributed by atoms with van der Waals surface area (Å²) in [6.45, 7) is 3.02. The molecule has 3 aromatic rings. The van der Waals surface area contributed by atoms with E-state index in [0.717, 1.165) is 25.7 Å². The van der Waals surface area contributed by atoms with Gasteiger partial charge in [0.15, 0.2) is 11.6 Å². The molecule has 7 heteroatoms. The Morgan fingerprint density at radius 1 is 1.21 bits per heavy atom. The molecule has 2 aromatic heterocycles. The molecule has 2 aliphatic rings. The van der Waals surface area contributed by atoms with E-state index in [9.17, 15) is 9.59 Å². The number of likely N-dealkylation sites (tertiary alicyclic amines) is 1. The summed E-state index contributed by atoms with van der Waals surface area (Å²) in [4.78, 5) is 37.1. The average Bonchev–Trinajstić information content (AvgIpc) is 3.20. The van der Waals surface area contributed by atoms with Gasteiger partial charge in [-0.2, -0.15) is 0 Å². The van der Waals surface area contributed by atoms with Gasteiger partial charge in [0.25, 0.3) is 11.5 Å². The van der Waals surface area contributed by atoms with Gasteiger partial charge in [0, 0.05) is 20.0 Å². The number of carbonyl (C=O) groups excluding carboxylic acids is 1. The standard InChI is InChI=1S/C21H22N4O3/c1-13-22-17(12-28-13)21(27)24-10-4-7-18(24)19-23-16-6-3-2-5-15(16)20(26)25(19)11-14-8-9-14/h2-3,5-6,12,14,18H,4,7-11H2,1H3. The Balaban J connectivity index is 1.60. The molecule has 0 N–H and O–H groups in total. The molecule has 1 saturated heterocycles. The Morgan fingerprint density at radius 3 is 2.79 bits per heavy atom. The number of rotatable bonds is 4. The number of amides is 1. The predicted molar refractivity (Wildman–Crippen MR) is 103 cm³/mol. The van der Waals surface area contributed by atoms with Crippen LogP contribution in [0.25, 0.3) is 10.9 Å². The Kier molecular flexibility index (Phi) is 4.03. The van der Waals surface area contributed by atoms with Crippen molar-refractivity contribution in [1.29, 1.82) is 0 Å². The minimum Gasteiger partial charge on any atom is -0.448 e. The molecule has 28 heavy (non-hydrogen) atoms. The van der Waals surface area contributed by atoms with Gasteiger partial charge in [-0.1, -0.05) is 12.1 Å². The van der Waals surface area contributed by atoms with Crippen molar-refractivity contribution in [3.63, 3.8) is 0 Å². The molecule has 0 radical (unpaired) electrons. The molecule has 1 unspecified atom stereocenters. The monoisotopic (exact) mass is 378 g/mol. The molecule has 1 saturated carbocycles. The summed E-state index contributed by atoms with van der Waals surface area (Å²) in [5, 5.41) is 0.634. The van der Waals surface area contributed by atoms with E-state index in [1.165, 1.54) is 6.26 Å². The summed E-state index contributed by atoms with van der Waals surface area (Å²) in [5.74, 6) is 1.53. The molecule has 144 valence electrons. The summed E-state index contributed by atoms with van der Waals surface area (Å²) in [5.41, 5.74) is 0.983. The van der Waals surface area contributed by atoms with E-state index in [-0.39, 0.29) is 17.5 Å². The maximum atomic E-state index is 13.2. The van der Waals surface area contributed by atoms with E-state index in [1.807, 2.05) is 28.8 Å². The van der Waals surface area contributed by atoms with Gasteiger partial charge in [-0.3, -0.25) is 14.2 Å². The SMILES string of the molecule is Cc1nc(C(=O)N2CCCC2c2nc3ccccc3c(=O)n2CC2CC2)co1. The largest absolute Gasteiger partial charge is 0.448 e. The number of hydrogen-bond donors (Lipinski definition) is 0. The van der Waals surface area contributed by atoms with E-state index < -0.39 is 0 Å². The minimum absolute atomic E-state index is 0.0101. The van der Waals surface area contributed by atoms with Gasteiger partial charge in [-0.15, -0.1) is 0 Å². The fourth-order valence-corrected chi connectivity index (χ4v) is 4.06. The highest BCUT2D eigenvalue weighted by Gasteiger charge is 2.36. The Bertz CT molecular complexity index is 1110. The number of fused-ring (bicyclic) bond motifs is 1. The lowest BCUT2D eigenvalue weighted by atomic mass is 10.1. The van der Waals surface area contributed by atoms with Crippen LogP contribution in [0.4, 0.5) is 0 Å². The fraction of sp³-hybridized carbons (Fsp3) is 0.429. The molecule has 1 amide bonds. The van der Waals surface area contributed by atoms with E-state index >= 15 is 0 Å². The first kappa shape index (κ1) is 17.2. The summed E-state index contributed by atoms with van der Waals surface area (Å²) >= 11 is 0. The molecule has 0 bridgehead atoms. The number of benzene rings is 1. The Labute approximate surface area is 162 Å². The lowest BCUT2D eigenvalue weighted by Gasteiger charge is -2.26. The van der Waals surface area contributed by atoms with Crippen molar-refractivity contribution in [2.45, 2.75) is 45.2 Å². The number of carbonyl (C=O) groups is 1. The van der Waals surface area contributed by atoms with Crippen LogP contribution in [0.2, 0.25) is 0 Å². The Hall–Kier alpha value is -2.96. The second-order valence-corrected chi connectivity index (χ2v) is 7.75. The van der Waals surface area contributed by atoms with Crippen LogP contribution in [0.1, 0.15) is 53.9 Å². The van der Waals surface area contributed by atoms with Crippen molar-refractivity contribution in [2.75, 3.05) is 6.54 Å². The van der Waals surface area contributed by atoms with Gasteiger partial charge in [0.2, 0.25) is 0 Å². The second kappa shape index (κ2) is 6.58. The summed E-state index contributed by atoms with van der Waals surface area (Å²) in [6, 6.07) is 7.22. The number of oxazole rings is 1. The smallest absolute Gasteiger partial charge is 0.276 e. The number of aryl methyl sites for hydroxylation is 1. The van der Waals surface area contributed by atoms with Crippen LogP contribution in [0.5, 0.6) is 0 Å². The molecular weight excluding hydrogens is 356 g/mol. The molecule has 1 atom stereocenters. The van der Waals surface area contributed by atoms with Gasteiger partial charge in [-0.25, -0.2) is 9.97 Å². The molecular formula is C21H22N4O3. The second-order valence-electron chi connectivity index (χ2n) is 7.75. The summed E-state index contributed by atoms with van der Waals surface area (Å²) < 4.78 is 7.03. The third-order valence-corrected chi connectivity index (χ3v) is 5.68. The number of nitrogens with zero attached hydrogens (tertiary/aromatic N) is 4. The number of aromatic nitrogens is 3. The van der Waals surface area contributed by atoms with Crippen molar-refractivity contribution < 1.29 is 9.21 Å². The topological polar surface area (TPSA) is 81.2 Å². The van der Waals surface area contributed by atoms with Crippen LogP contribution in [0, 0.1) is 12.8 Å². The molecule has 2 fully saturated rings. The Morgan fingerprint density at radius 2 is 2.04 bits per heavy atom. The highest BCUT2D eigenvalue weighted by atomic mass is 16.3. The maximum Gasteiger partial charge on any atom is 0.276 e. The van der Waals surface area contributed by atoms with Gasteiger partial charge in [-0.05, 0) is 43.7 Å². The molecule has 7 nitrogen and oxygen atoms in total. The highest BCUT2D eigenvalue weighted by molar-refractivity contribution is 5.92. The molecule has 1 aliphatic heterocycles. The van der Waals surface area contributed by atoms with Crippen LogP contribution in [-0.2, 0) is 6.54 Å². The van der Waals surface area contributed by atoms with E-state index in [4.69, 9.17) is 9.40 Å². The first-order valence-corrected chi connectivity index (χ1v) is 9.84. The van der Waals surface area contributed by atoms with Crippen LogP contribution >= 0.6 is 0 Å². The third-order valence-electron chi connectivity index (χ3n) is 5.68. The zero-order chi connectivity index (χ0) is 19.3. The van der Waals surface area contributed by atoms with Crippen molar-refractivity contribution in [3.8, 4) is 0 Å². The highest BCUT2D eigenvalue weighted by Crippen LogP contribution is 2.35. The maximum absolute atomic E-state index is 13.2. The van der Waals surface area contributed by atoms with Crippen molar-refractivity contribution >= 4 is 16.8 Å². The van der Waals surface area contributed by atoms with Crippen LogP contribution < -0.4 is 5.56 Å². The normalized spacial score (nSPS) is 19.5. The average molecular weight is 378 g/mol. The van der Waals surface area contributed by atoms with Gasteiger partial charge in [0.05, 0.1) is 16.9 Å².